The molecule has 0 aliphatic carbocycles. The van der Waals surface area contributed by atoms with Gasteiger partial charge in [0.25, 0.3) is 0 Å². The summed E-state index contributed by atoms with van der Waals surface area (Å²) < 4.78 is 55.0. The van der Waals surface area contributed by atoms with Crippen molar-refractivity contribution in [2.75, 3.05) is 5.75 Å². The second-order valence-electron chi connectivity index (χ2n) is 7.54. The Hall–Kier alpha value is -2.55. The first-order valence-electron chi connectivity index (χ1n) is 10.4. The van der Waals surface area contributed by atoms with E-state index in [1.165, 1.54) is 18.2 Å². The van der Waals surface area contributed by atoms with Crippen LogP contribution in [-0.2, 0) is 17.2 Å². The van der Waals surface area contributed by atoms with Crippen molar-refractivity contribution >= 4 is 45.0 Å². The molecular formula is C24H19Cl2F3N2O2S. The maximum atomic E-state index is 12.9. The first-order chi connectivity index (χ1) is 16.2. The zero-order chi connectivity index (χ0) is 24.5. The number of aromatic nitrogens is 2. The number of hydrogen-bond acceptors (Lipinski definition) is 3. The molecule has 34 heavy (non-hydrogen) atoms. The van der Waals surface area contributed by atoms with Gasteiger partial charge in [-0.3, -0.25) is 4.21 Å². The van der Waals surface area contributed by atoms with Crippen molar-refractivity contribution in [3.05, 3.63) is 76.0 Å². The largest absolute Gasteiger partial charge is 0.573 e. The summed E-state index contributed by atoms with van der Waals surface area (Å²) in [5, 5.41) is 0.280. The van der Waals surface area contributed by atoms with Gasteiger partial charge in [-0.15, -0.1) is 13.2 Å². The van der Waals surface area contributed by atoms with Gasteiger partial charge in [-0.25, -0.2) is 4.98 Å². The molecule has 1 heterocycles. The number of rotatable bonds is 7. The van der Waals surface area contributed by atoms with E-state index in [1.807, 2.05) is 31.2 Å². The summed E-state index contributed by atoms with van der Waals surface area (Å²) in [6.45, 7) is 1.98. The Morgan fingerprint density at radius 3 is 2.47 bits per heavy atom. The van der Waals surface area contributed by atoms with Gasteiger partial charge in [-0.1, -0.05) is 60.5 Å². The lowest BCUT2D eigenvalue weighted by atomic mass is 10.0. The summed E-state index contributed by atoms with van der Waals surface area (Å²) in [6.07, 6.45) is -3.57. The highest BCUT2D eigenvalue weighted by atomic mass is 35.5. The van der Waals surface area contributed by atoms with E-state index in [0.29, 0.717) is 29.0 Å². The maximum absolute atomic E-state index is 12.9. The molecule has 0 bridgehead atoms. The van der Waals surface area contributed by atoms with Crippen molar-refractivity contribution in [1.82, 2.24) is 9.97 Å². The summed E-state index contributed by atoms with van der Waals surface area (Å²) in [5.74, 6) is 0.809. The number of para-hydroxylation sites is 1. The van der Waals surface area contributed by atoms with Crippen LogP contribution in [0.5, 0.6) is 5.75 Å². The lowest BCUT2D eigenvalue weighted by Crippen LogP contribution is -2.17. The topological polar surface area (TPSA) is 55.0 Å². The van der Waals surface area contributed by atoms with Gasteiger partial charge in [0, 0.05) is 28.2 Å². The first-order valence-corrected chi connectivity index (χ1v) is 12.4. The molecule has 4 aromatic rings. The molecule has 0 aliphatic rings. The number of imidazole rings is 1. The number of benzene rings is 3. The zero-order valence-corrected chi connectivity index (χ0v) is 20.2. The van der Waals surface area contributed by atoms with Crippen molar-refractivity contribution in [3.8, 4) is 16.9 Å². The molecule has 0 saturated heterocycles. The highest BCUT2D eigenvalue weighted by molar-refractivity contribution is 7.85. The fourth-order valence-electron chi connectivity index (χ4n) is 3.60. The van der Waals surface area contributed by atoms with Crippen LogP contribution in [0.2, 0.25) is 10.0 Å². The third-order valence-corrected chi connectivity index (χ3v) is 7.29. The van der Waals surface area contributed by atoms with Gasteiger partial charge in [-0.05, 0) is 36.2 Å². The van der Waals surface area contributed by atoms with Crippen LogP contribution in [0.1, 0.15) is 24.7 Å². The van der Waals surface area contributed by atoms with Gasteiger partial charge in [0.15, 0.2) is 0 Å². The normalized spacial score (nSPS) is 12.8. The molecule has 1 unspecified atom stereocenters. The molecule has 1 N–H and O–H groups in total. The van der Waals surface area contributed by atoms with Gasteiger partial charge in [0.05, 0.1) is 26.4 Å². The minimum absolute atomic E-state index is 0.108. The Kier molecular flexibility index (Phi) is 7.21. The molecule has 0 fully saturated rings. The molecule has 178 valence electrons. The average Bonchev–Trinajstić information content (AvgIpc) is 3.17. The average molecular weight is 527 g/mol. The Labute approximate surface area is 206 Å². The van der Waals surface area contributed by atoms with Crippen molar-refractivity contribution in [2.24, 2.45) is 0 Å². The van der Waals surface area contributed by atoms with Gasteiger partial charge >= 0.3 is 6.36 Å². The number of hydrogen-bond donors (Lipinski definition) is 1. The third-order valence-electron chi connectivity index (χ3n) is 5.05. The van der Waals surface area contributed by atoms with Crippen molar-refractivity contribution in [3.63, 3.8) is 0 Å². The highest BCUT2D eigenvalue weighted by Gasteiger charge is 2.33. The Balaban J connectivity index is 1.68. The molecule has 0 radical (unpaired) electrons. The lowest BCUT2D eigenvalue weighted by molar-refractivity contribution is -0.274. The number of fused-ring (bicyclic) bond motifs is 1. The Morgan fingerprint density at radius 1 is 1.09 bits per heavy atom. The standard InChI is InChI=1S/C24H19Cl2F3N2O2S/c1-2-11-34(32)15-9-7-14(8-10-15)12-20-30-18-13-17(25)21(22(26)23(18)31-20)16-5-3-4-6-19(16)33-24(27,28)29/h3-10,13H,2,11-12H2,1H3,(H,30,31). The molecular weight excluding hydrogens is 508 g/mol. The van der Waals surface area contributed by atoms with Crippen LogP contribution in [-0.4, -0.2) is 26.3 Å². The zero-order valence-electron chi connectivity index (χ0n) is 17.9. The van der Waals surface area contributed by atoms with E-state index in [0.717, 1.165) is 16.9 Å². The van der Waals surface area contributed by atoms with Gasteiger partial charge in [0.2, 0.25) is 0 Å². The summed E-state index contributed by atoms with van der Waals surface area (Å²) >= 11 is 13.0. The van der Waals surface area contributed by atoms with Crippen LogP contribution in [0.4, 0.5) is 13.2 Å². The number of nitrogens with zero attached hydrogens (tertiary/aromatic N) is 1. The van der Waals surface area contributed by atoms with Crippen LogP contribution in [0.25, 0.3) is 22.2 Å². The van der Waals surface area contributed by atoms with E-state index < -0.39 is 22.9 Å². The van der Waals surface area contributed by atoms with Crippen LogP contribution >= 0.6 is 23.2 Å². The summed E-state index contributed by atoms with van der Waals surface area (Å²) in [5.41, 5.74) is 2.21. The number of alkyl halides is 3. The Morgan fingerprint density at radius 2 is 1.79 bits per heavy atom. The van der Waals surface area contributed by atoms with E-state index >= 15 is 0 Å². The fourth-order valence-corrected chi connectivity index (χ4v) is 5.35. The first kappa shape index (κ1) is 24.6. The smallest absolute Gasteiger partial charge is 0.405 e. The van der Waals surface area contributed by atoms with Gasteiger partial charge in [0.1, 0.15) is 17.1 Å². The lowest BCUT2D eigenvalue weighted by Gasteiger charge is -2.15. The Bertz CT molecular complexity index is 1360. The predicted molar refractivity (Wildman–Crippen MR) is 129 cm³/mol. The molecule has 1 atom stereocenters. The SMILES string of the molecule is CCCS(=O)c1ccc(Cc2nc3c(Cl)c(-c4ccccc4OC(F)(F)F)c(Cl)cc3[nH]2)cc1. The van der Waals surface area contributed by atoms with E-state index in [2.05, 4.69) is 14.7 Å². The summed E-state index contributed by atoms with van der Waals surface area (Å²) in [6, 6.07) is 14.7. The quantitative estimate of drug-likeness (QED) is 0.270. The second-order valence-corrected chi connectivity index (χ2v) is 9.90. The van der Waals surface area contributed by atoms with E-state index in [9.17, 15) is 17.4 Å². The molecule has 0 amide bonds. The van der Waals surface area contributed by atoms with Crippen molar-refractivity contribution in [2.45, 2.75) is 31.0 Å². The molecule has 0 aliphatic heterocycles. The summed E-state index contributed by atoms with van der Waals surface area (Å²) in [4.78, 5) is 8.49. The molecule has 4 rings (SSSR count). The number of H-pyrrole nitrogens is 1. The van der Waals surface area contributed by atoms with E-state index in [4.69, 9.17) is 23.2 Å². The highest BCUT2D eigenvalue weighted by Crippen LogP contribution is 2.44. The van der Waals surface area contributed by atoms with Crippen molar-refractivity contribution in [1.29, 1.82) is 0 Å². The van der Waals surface area contributed by atoms with Crippen LogP contribution in [0.3, 0.4) is 0 Å². The third kappa shape index (κ3) is 5.40. The van der Waals surface area contributed by atoms with Crippen LogP contribution in [0, 0.1) is 0 Å². The number of nitrogens with one attached hydrogen (secondary N) is 1. The van der Waals surface area contributed by atoms with E-state index in [-0.39, 0.29) is 21.2 Å². The molecule has 0 spiro atoms. The van der Waals surface area contributed by atoms with Crippen LogP contribution in [0.15, 0.2) is 59.5 Å². The fraction of sp³-hybridized carbons (Fsp3) is 0.208. The number of aromatic amines is 1. The number of ether oxygens (including phenoxy) is 1. The monoisotopic (exact) mass is 526 g/mol. The summed E-state index contributed by atoms with van der Waals surface area (Å²) in [7, 11) is -1.02. The minimum Gasteiger partial charge on any atom is -0.405 e. The molecule has 10 heteroatoms. The molecule has 1 aromatic heterocycles. The predicted octanol–water partition coefficient (Wildman–Crippen LogP) is 7.54. The minimum atomic E-state index is -4.86. The van der Waals surface area contributed by atoms with E-state index in [1.54, 1.807) is 12.1 Å². The molecule has 4 nitrogen and oxygen atoms in total. The maximum Gasteiger partial charge on any atom is 0.573 e. The van der Waals surface area contributed by atoms with Crippen LogP contribution < -0.4 is 4.74 Å². The number of halogens is 5. The van der Waals surface area contributed by atoms with Gasteiger partial charge in [-0.2, -0.15) is 0 Å². The van der Waals surface area contributed by atoms with Crippen molar-refractivity contribution < 1.29 is 22.1 Å². The molecule has 0 saturated carbocycles. The second kappa shape index (κ2) is 9.98. The van der Waals surface area contributed by atoms with Gasteiger partial charge < -0.3 is 9.72 Å². The molecule has 3 aromatic carbocycles.